The van der Waals surface area contributed by atoms with Crippen LogP contribution in [0.5, 0.6) is 0 Å². The lowest BCUT2D eigenvalue weighted by Crippen LogP contribution is -2.52. The Morgan fingerprint density at radius 3 is 2.36 bits per heavy atom. The molecule has 0 aliphatic heterocycles. The molecule has 3 N–H and O–H groups in total. The van der Waals surface area contributed by atoms with Gasteiger partial charge in [-0.05, 0) is 45.7 Å². The van der Waals surface area contributed by atoms with Crippen LogP contribution in [0.15, 0.2) is 0 Å². The van der Waals surface area contributed by atoms with Crippen LogP contribution in [-0.2, 0) is 0 Å². The van der Waals surface area contributed by atoms with E-state index in [2.05, 4.69) is 29.6 Å². The molecule has 0 bridgehead atoms. The topological polar surface area (TPSA) is 64.6 Å². The minimum Gasteiger partial charge on any atom is -0.391 e. The monoisotopic (exact) mass is 311 g/mol. The SMILES string of the molecule is CN(C)C(CNC(=O)NC1CCCCC1O)C1CCCCC1. The highest BCUT2D eigenvalue weighted by Gasteiger charge is 2.27. The number of amides is 2. The van der Waals surface area contributed by atoms with Crippen LogP contribution in [0.3, 0.4) is 0 Å². The summed E-state index contributed by atoms with van der Waals surface area (Å²) in [6.45, 7) is 0.687. The van der Waals surface area contributed by atoms with Crippen molar-refractivity contribution < 1.29 is 9.90 Å². The molecule has 22 heavy (non-hydrogen) atoms. The Balaban J connectivity index is 1.77. The number of hydrogen-bond donors (Lipinski definition) is 3. The zero-order valence-corrected chi connectivity index (χ0v) is 14.2. The second-order valence-corrected chi connectivity index (χ2v) is 7.24. The zero-order chi connectivity index (χ0) is 15.9. The first-order valence-corrected chi connectivity index (χ1v) is 8.97. The van der Waals surface area contributed by atoms with Gasteiger partial charge in [-0.25, -0.2) is 4.79 Å². The summed E-state index contributed by atoms with van der Waals surface area (Å²) in [5, 5.41) is 15.9. The van der Waals surface area contributed by atoms with E-state index < -0.39 is 0 Å². The number of rotatable bonds is 5. The standard InChI is InChI=1S/C17H33N3O2/c1-20(2)15(13-8-4-3-5-9-13)12-18-17(22)19-14-10-6-7-11-16(14)21/h13-16,21H,3-12H2,1-2H3,(H2,18,19,22). The van der Waals surface area contributed by atoms with E-state index in [1.807, 2.05) is 0 Å². The number of carbonyl (C=O) groups is 1. The van der Waals surface area contributed by atoms with E-state index in [0.29, 0.717) is 18.5 Å². The highest BCUT2D eigenvalue weighted by atomic mass is 16.3. The summed E-state index contributed by atoms with van der Waals surface area (Å²) in [6.07, 6.45) is 9.97. The summed E-state index contributed by atoms with van der Waals surface area (Å²) in [7, 11) is 4.20. The molecule has 128 valence electrons. The second kappa shape index (κ2) is 8.73. The number of carbonyl (C=O) groups excluding carboxylic acids is 1. The highest BCUT2D eigenvalue weighted by Crippen LogP contribution is 2.28. The van der Waals surface area contributed by atoms with Crippen LogP contribution in [0, 0.1) is 5.92 Å². The molecule has 0 radical (unpaired) electrons. The third kappa shape index (κ3) is 5.13. The summed E-state index contributed by atoms with van der Waals surface area (Å²) in [5.74, 6) is 0.685. The maximum absolute atomic E-state index is 12.1. The Hall–Kier alpha value is -0.810. The molecule has 0 heterocycles. The summed E-state index contributed by atoms with van der Waals surface area (Å²) < 4.78 is 0. The van der Waals surface area contributed by atoms with Crippen LogP contribution in [0.25, 0.3) is 0 Å². The van der Waals surface area contributed by atoms with Gasteiger partial charge in [0.1, 0.15) is 0 Å². The average molecular weight is 311 g/mol. The molecule has 0 saturated heterocycles. The van der Waals surface area contributed by atoms with Crippen LogP contribution in [0.4, 0.5) is 4.79 Å². The number of likely N-dealkylation sites (N-methyl/N-ethyl adjacent to an activating group) is 1. The fourth-order valence-corrected chi connectivity index (χ4v) is 3.99. The quantitative estimate of drug-likeness (QED) is 0.728. The molecular formula is C17H33N3O2. The number of aliphatic hydroxyl groups is 1. The lowest BCUT2D eigenvalue weighted by molar-refractivity contribution is 0.0937. The molecular weight excluding hydrogens is 278 g/mol. The minimum atomic E-state index is -0.387. The first kappa shape index (κ1) is 17.5. The van der Waals surface area contributed by atoms with Crippen molar-refractivity contribution in [3.05, 3.63) is 0 Å². The van der Waals surface area contributed by atoms with Gasteiger partial charge in [0.25, 0.3) is 0 Å². The van der Waals surface area contributed by atoms with Gasteiger partial charge in [-0.2, -0.15) is 0 Å². The van der Waals surface area contributed by atoms with Gasteiger partial charge < -0.3 is 20.6 Å². The molecule has 2 fully saturated rings. The van der Waals surface area contributed by atoms with E-state index in [9.17, 15) is 9.90 Å². The summed E-state index contributed by atoms with van der Waals surface area (Å²) in [4.78, 5) is 14.4. The molecule has 5 nitrogen and oxygen atoms in total. The van der Waals surface area contributed by atoms with E-state index >= 15 is 0 Å². The Bertz CT molecular complexity index is 343. The van der Waals surface area contributed by atoms with E-state index in [-0.39, 0.29) is 18.2 Å². The predicted molar refractivity (Wildman–Crippen MR) is 88.8 cm³/mol. The lowest BCUT2D eigenvalue weighted by Gasteiger charge is -2.35. The van der Waals surface area contributed by atoms with Gasteiger partial charge >= 0.3 is 6.03 Å². The molecule has 0 aromatic rings. The van der Waals surface area contributed by atoms with Gasteiger partial charge in [0.15, 0.2) is 0 Å². The van der Waals surface area contributed by atoms with Crippen molar-refractivity contribution in [2.24, 2.45) is 5.92 Å². The molecule has 2 saturated carbocycles. The number of aliphatic hydroxyl groups excluding tert-OH is 1. The molecule has 2 aliphatic rings. The van der Waals surface area contributed by atoms with Crippen molar-refractivity contribution in [1.29, 1.82) is 0 Å². The third-order valence-corrected chi connectivity index (χ3v) is 5.38. The van der Waals surface area contributed by atoms with E-state index in [1.54, 1.807) is 0 Å². The minimum absolute atomic E-state index is 0.0822. The van der Waals surface area contributed by atoms with Crippen molar-refractivity contribution in [3.8, 4) is 0 Å². The maximum atomic E-state index is 12.1. The molecule has 3 unspecified atom stereocenters. The van der Waals surface area contributed by atoms with Gasteiger partial charge in [0, 0.05) is 12.6 Å². The summed E-state index contributed by atoms with van der Waals surface area (Å²) in [5.41, 5.74) is 0. The van der Waals surface area contributed by atoms with Crippen molar-refractivity contribution >= 4 is 6.03 Å². The third-order valence-electron chi connectivity index (χ3n) is 5.38. The molecule has 0 spiro atoms. The Morgan fingerprint density at radius 2 is 1.73 bits per heavy atom. The van der Waals surface area contributed by atoms with E-state index in [0.717, 1.165) is 25.7 Å². The predicted octanol–water partition coefficient (Wildman–Crippen LogP) is 2.10. The molecule has 0 aromatic heterocycles. The number of hydrogen-bond acceptors (Lipinski definition) is 3. The molecule has 2 rings (SSSR count). The van der Waals surface area contributed by atoms with Crippen molar-refractivity contribution in [2.45, 2.75) is 76.0 Å². The van der Waals surface area contributed by atoms with Gasteiger partial charge in [-0.15, -0.1) is 0 Å². The molecule has 2 amide bonds. The lowest BCUT2D eigenvalue weighted by atomic mass is 9.83. The van der Waals surface area contributed by atoms with Crippen LogP contribution in [-0.4, -0.2) is 54.9 Å². The van der Waals surface area contributed by atoms with Gasteiger partial charge in [0.05, 0.1) is 12.1 Å². The van der Waals surface area contributed by atoms with Crippen LogP contribution in [0.1, 0.15) is 57.8 Å². The fraction of sp³-hybridized carbons (Fsp3) is 0.941. The molecule has 0 aromatic carbocycles. The highest BCUT2D eigenvalue weighted by molar-refractivity contribution is 5.74. The van der Waals surface area contributed by atoms with Crippen molar-refractivity contribution in [3.63, 3.8) is 0 Å². The Morgan fingerprint density at radius 1 is 1.09 bits per heavy atom. The van der Waals surface area contributed by atoms with Gasteiger partial charge in [-0.3, -0.25) is 0 Å². The normalized spacial score (nSPS) is 28.4. The van der Waals surface area contributed by atoms with Crippen LogP contribution >= 0.6 is 0 Å². The molecule has 5 heteroatoms. The first-order chi connectivity index (χ1) is 10.6. The Labute approximate surface area is 134 Å². The zero-order valence-electron chi connectivity index (χ0n) is 14.2. The van der Waals surface area contributed by atoms with E-state index in [4.69, 9.17) is 0 Å². The van der Waals surface area contributed by atoms with Gasteiger partial charge in [0.2, 0.25) is 0 Å². The Kier molecular flexibility index (Phi) is 6.96. The average Bonchev–Trinajstić information content (AvgIpc) is 2.50. The summed E-state index contributed by atoms with van der Waals surface area (Å²) >= 11 is 0. The molecule has 2 aliphatic carbocycles. The smallest absolute Gasteiger partial charge is 0.315 e. The fourth-order valence-electron chi connectivity index (χ4n) is 3.99. The van der Waals surface area contributed by atoms with Crippen molar-refractivity contribution in [2.75, 3.05) is 20.6 Å². The van der Waals surface area contributed by atoms with E-state index in [1.165, 1.54) is 32.1 Å². The van der Waals surface area contributed by atoms with Crippen molar-refractivity contribution in [1.82, 2.24) is 15.5 Å². The maximum Gasteiger partial charge on any atom is 0.315 e. The summed E-state index contributed by atoms with van der Waals surface area (Å²) in [6, 6.07) is 0.192. The van der Waals surface area contributed by atoms with Crippen LogP contribution < -0.4 is 10.6 Å². The van der Waals surface area contributed by atoms with Crippen LogP contribution in [0.2, 0.25) is 0 Å². The first-order valence-electron chi connectivity index (χ1n) is 8.97. The van der Waals surface area contributed by atoms with Gasteiger partial charge in [-0.1, -0.05) is 32.1 Å². The number of nitrogens with one attached hydrogen (secondary N) is 2. The second-order valence-electron chi connectivity index (χ2n) is 7.24. The number of urea groups is 1. The molecule has 3 atom stereocenters. The number of nitrogens with zero attached hydrogens (tertiary/aromatic N) is 1. The largest absolute Gasteiger partial charge is 0.391 e.